The summed E-state index contributed by atoms with van der Waals surface area (Å²) in [5.74, 6) is 2.27. The number of nitrogens with two attached hydrogens (primary N) is 1. The number of benzene rings is 2. The van der Waals surface area contributed by atoms with Gasteiger partial charge in [0, 0.05) is 38.0 Å². The standard InChI is InChI=1S/C35H46N4O2/c1-3-24-11-14-37-34-32(24)29(19-31(33(34)35(36)41)39-15-12-23(21-39)13-16-40)26-9-10-27-17-28(20-38-30(27)18-26)22(2)25-7-5-4-6-8-25/h9-10,14,18-20,22-25,28,40H,3-8,11-13,15-17,21H2,1-2H3,(H2,36,41). The fourth-order valence-corrected chi connectivity index (χ4v) is 8.02. The first-order valence-electron chi connectivity index (χ1n) is 16.0. The number of primary amides is 1. The molecule has 2 fully saturated rings. The average molecular weight is 555 g/mol. The molecule has 41 heavy (non-hydrogen) atoms. The molecule has 6 rings (SSSR count). The summed E-state index contributed by atoms with van der Waals surface area (Å²) < 4.78 is 0. The molecule has 1 saturated carbocycles. The summed E-state index contributed by atoms with van der Waals surface area (Å²) in [6.07, 6.45) is 15.7. The van der Waals surface area contributed by atoms with Crippen LogP contribution in [0.1, 0.15) is 99.0 Å². The normalized spacial score (nSPS) is 24.8. The van der Waals surface area contributed by atoms with Crippen molar-refractivity contribution in [1.82, 2.24) is 0 Å². The number of hydrogen-bond donors (Lipinski definition) is 2. The lowest BCUT2D eigenvalue weighted by molar-refractivity contribution is 0.100. The summed E-state index contributed by atoms with van der Waals surface area (Å²) in [7, 11) is 0. The minimum absolute atomic E-state index is 0.190. The van der Waals surface area contributed by atoms with E-state index < -0.39 is 5.91 Å². The number of rotatable bonds is 8. The van der Waals surface area contributed by atoms with Crippen LogP contribution in [-0.2, 0) is 6.42 Å². The molecule has 218 valence electrons. The highest BCUT2D eigenvalue weighted by atomic mass is 16.3. The third-order valence-corrected chi connectivity index (χ3v) is 10.6. The minimum Gasteiger partial charge on any atom is -0.396 e. The van der Waals surface area contributed by atoms with Crippen molar-refractivity contribution >= 4 is 35.4 Å². The second-order valence-electron chi connectivity index (χ2n) is 13.0. The Bertz CT molecular complexity index is 1340. The molecule has 2 aromatic rings. The van der Waals surface area contributed by atoms with Crippen molar-refractivity contribution in [3.63, 3.8) is 0 Å². The molecule has 3 aliphatic heterocycles. The van der Waals surface area contributed by atoms with Crippen molar-refractivity contribution in [2.24, 2.45) is 39.4 Å². The molecule has 6 heteroatoms. The number of carbonyl (C=O) groups excluding carboxylic acids is 1. The SMILES string of the molecule is CCC1CC=Nc2c(C(N)=O)c(N3CCC(CCO)C3)cc(-c3ccc4c(c3)N=CC(C(C)C3CCCCC3)C4)c21. The fourth-order valence-electron chi connectivity index (χ4n) is 8.02. The Kier molecular flexibility index (Phi) is 8.30. The smallest absolute Gasteiger partial charge is 0.253 e. The van der Waals surface area contributed by atoms with E-state index in [1.807, 2.05) is 6.21 Å². The number of hydrogen-bond acceptors (Lipinski definition) is 5. The second kappa shape index (κ2) is 12.1. The van der Waals surface area contributed by atoms with Crippen LogP contribution in [0.4, 0.5) is 17.1 Å². The van der Waals surface area contributed by atoms with Crippen LogP contribution in [-0.4, -0.2) is 43.1 Å². The van der Waals surface area contributed by atoms with Gasteiger partial charge in [-0.1, -0.05) is 58.1 Å². The first-order chi connectivity index (χ1) is 20.0. The highest BCUT2D eigenvalue weighted by Gasteiger charge is 2.33. The Balaban J connectivity index is 1.39. The van der Waals surface area contributed by atoms with E-state index in [1.54, 1.807) is 0 Å². The Hall–Kier alpha value is -2.99. The molecule has 4 aliphatic rings. The molecule has 3 N–H and O–H groups in total. The second-order valence-corrected chi connectivity index (χ2v) is 13.0. The lowest BCUT2D eigenvalue weighted by atomic mass is 9.73. The number of anilines is 1. The van der Waals surface area contributed by atoms with Crippen molar-refractivity contribution in [3.05, 3.63) is 41.0 Å². The van der Waals surface area contributed by atoms with Crippen molar-refractivity contribution in [2.45, 2.75) is 84.0 Å². The van der Waals surface area contributed by atoms with Gasteiger partial charge in [-0.05, 0) is 90.2 Å². The Morgan fingerprint density at radius 3 is 2.73 bits per heavy atom. The van der Waals surface area contributed by atoms with E-state index in [-0.39, 0.29) is 12.5 Å². The van der Waals surface area contributed by atoms with E-state index in [0.717, 1.165) is 84.9 Å². The summed E-state index contributed by atoms with van der Waals surface area (Å²) in [5, 5.41) is 9.52. The van der Waals surface area contributed by atoms with Crippen LogP contribution < -0.4 is 10.6 Å². The van der Waals surface area contributed by atoms with Crippen LogP contribution in [0.15, 0.2) is 34.3 Å². The van der Waals surface area contributed by atoms with Gasteiger partial charge in [-0.2, -0.15) is 0 Å². The van der Waals surface area contributed by atoms with Gasteiger partial charge in [-0.3, -0.25) is 14.8 Å². The van der Waals surface area contributed by atoms with Crippen LogP contribution in [0.2, 0.25) is 0 Å². The summed E-state index contributed by atoms with van der Waals surface area (Å²) in [6, 6.07) is 9.00. The monoisotopic (exact) mass is 554 g/mol. The summed E-state index contributed by atoms with van der Waals surface area (Å²) >= 11 is 0. The van der Waals surface area contributed by atoms with Crippen LogP contribution >= 0.6 is 0 Å². The molecule has 0 bridgehead atoms. The topological polar surface area (TPSA) is 91.3 Å². The maximum absolute atomic E-state index is 13.0. The lowest BCUT2D eigenvalue weighted by Gasteiger charge is -2.33. The van der Waals surface area contributed by atoms with Gasteiger partial charge in [0.1, 0.15) is 0 Å². The van der Waals surface area contributed by atoms with Gasteiger partial charge in [0.05, 0.1) is 22.6 Å². The summed E-state index contributed by atoms with van der Waals surface area (Å²) in [4.78, 5) is 25.1. The molecule has 0 aromatic heterocycles. The Morgan fingerprint density at radius 2 is 1.98 bits per heavy atom. The van der Waals surface area contributed by atoms with Gasteiger partial charge in [0.2, 0.25) is 0 Å². The van der Waals surface area contributed by atoms with Gasteiger partial charge < -0.3 is 15.7 Å². The largest absolute Gasteiger partial charge is 0.396 e. The molecule has 0 spiro atoms. The van der Waals surface area contributed by atoms with Crippen molar-refractivity contribution < 1.29 is 9.90 Å². The molecule has 1 aliphatic carbocycles. The number of carbonyl (C=O) groups is 1. The summed E-state index contributed by atoms with van der Waals surface area (Å²) in [6.45, 7) is 6.50. The molecule has 4 atom stereocenters. The van der Waals surface area contributed by atoms with E-state index in [9.17, 15) is 9.90 Å². The highest BCUT2D eigenvalue weighted by molar-refractivity contribution is 6.07. The van der Waals surface area contributed by atoms with E-state index in [1.165, 1.54) is 37.7 Å². The molecule has 1 amide bonds. The maximum atomic E-state index is 13.0. The van der Waals surface area contributed by atoms with Crippen LogP contribution in [0.5, 0.6) is 0 Å². The number of amides is 1. The molecule has 1 saturated heterocycles. The predicted octanol–water partition coefficient (Wildman–Crippen LogP) is 7.35. The molecule has 2 aromatic carbocycles. The molecule has 6 nitrogen and oxygen atoms in total. The van der Waals surface area contributed by atoms with Gasteiger partial charge in [0.15, 0.2) is 0 Å². The van der Waals surface area contributed by atoms with Crippen molar-refractivity contribution in [1.29, 1.82) is 0 Å². The number of aliphatic hydroxyl groups is 1. The van der Waals surface area contributed by atoms with E-state index in [2.05, 4.69) is 49.2 Å². The maximum Gasteiger partial charge on any atom is 0.253 e. The predicted molar refractivity (Wildman–Crippen MR) is 169 cm³/mol. The third kappa shape index (κ3) is 5.48. The zero-order valence-corrected chi connectivity index (χ0v) is 24.8. The molecular formula is C35H46N4O2. The minimum atomic E-state index is -0.421. The zero-order chi connectivity index (χ0) is 28.5. The Labute approximate surface area is 245 Å². The van der Waals surface area contributed by atoms with Gasteiger partial charge in [-0.25, -0.2) is 0 Å². The van der Waals surface area contributed by atoms with Crippen LogP contribution in [0, 0.1) is 23.7 Å². The number of aliphatic imine (C=N–C) groups is 2. The van der Waals surface area contributed by atoms with E-state index in [0.29, 0.717) is 23.3 Å². The lowest BCUT2D eigenvalue weighted by Crippen LogP contribution is -2.27. The van der Waals surface area contributed by atoms with Crippen LogP contribution in [0.25, 0.3) is 11.1 Å². The highest BCUT2D eigenvalue weighted by Crippen LogP contribution is 2.49. The van der Waals surface area contributed by atoms with E-state index >= 15 is 0 Å². The van der Waals surface area contributed by atoms with Crippen molar-refractivity contribution in [3.8, 4) is 11.1 Å². The average Bonchev–Trinajstić information content (AvgIpc) is 3.48. The van der Waals surface area contributed by atoms with E-state index in [4.69, 9.17) is 15.7 Å². The number of fused-ring (bicyclic) bond motifs is 2. The molecular weight excluding hydrogens is 508 g/mol. The van der Waals surface area contributed by atoms with Gasteiger partial charge in [0.25, 0.3) is 5.91 Å². The van der Waals surface area contributed by atoms with Gasteiger partial charge >= 0.3 is 0 Å². The molecule has 3 heterocycles. The molecule has 4 unspecified atom stereocenters. The first kappa shape index (κ1) is 28.1. The number of aliphatic hydroxyl groups excluding tert-OH is 1. The first-order valence-corrected chi connectivity index (χ1v) is 16.0. The van der Waals surface area contributed by atoms with Crippen LogP contribution in [0.3, 0.4) is 0 Å². The number of nitrogens with zero attached hydrogens (tertiary/aromatic N) is 3. The summed E-state index contributed by atoms with van der Waals surface area (Å²) in [5.41, 5.74) is 14.0. The van der Waals surface area contributed by atoms with Gasteiger partial charge in [-0.15, -0.1) is 0 Å². The zero-order valence-electron chi connectivity index (χ0n) is 24.8. The third-order valence-electron chi connectivity index (χ3n) is 10.6. The Morgan fingerprint density at radius 1 is 1.15 bits per heavy atom. The van der Waals surface area contributed by atoms with Crippen molar-refractivity contribution in [2.75, 3.05) is 24.6 Å². The fraction of sp³-hybridized carbons (Fsp3) is 0.571. The molecule has 0 radical (unpaired) electrons. The quantitative estimate of drug-likeness (QED) is 0.357.